The lowest BCUT2D eigenvalue weighted by molar-refractivity contribution is -0.136. The van der Waals surface area contributed by atoms with Crippen LogP contribution >= 0.6 is 15.9 Å². The quantitative estimate of drug-likeness (QED) is 0.0922. The van der Waals surface area contributed by atoms with Gasteiger partial charge < -0.3 is 24.6 Å². The first-order chi connectivity index (χ1) is 24.3. The van der Waals surface area contributed by atoms with E-state index in [4.69, 9.17) is 14.0 Å². The Balaban J connectivity index is 1.12. The zero-order valence-electron chi connectivity index (χ0n) is 26.9. The van der Waals surface area contributed by atoms with Gasteiger partial charge in [-0.3, -0.25) is 38.7 Å². The van der Waals surface area contributed by atoms with Crippen LogP contribution in [-0.4, -0.2) is 85.4 Å². The highest BCUT2D eigenvalue weighted by molar-refractivity contribution is 9.10. The van der Waals surface area contributed by atoms with Gasteiger partial charge in [-0.1, -0.05) is 21.1 Å². The predicted octanol–water partition coefficient (Wildman–Crippen LogP) is 2.86. The number of aromatic nitrogens is 1. The topological polar surface area (TPSA) is 227 Å². The molecule has 3 heterocycles. The fourth-order valence-electron chi connectivity index (χ4n) is 5.73. The van der Waals surface area contributed by atoms with Crippen LogP contribution in [0.2, 0.25) is 0 Å². The number of ether oxygens (including phenoxy) is 2. The van der Waals surface area contributed by atoms with Gasteiger partial charge in [0.1, 0.15) is 28.9 Å². The summed E-state index contributed by atoms with van der Waals surface area (Å²) in [6.07, 6.45) is 0.0495. The molecule has 0 bridgehead atoms. The molecule has 266 valence electrons. The molecule has 1 aromatic heterocycles. The van der Waals surface area contributed by atoms with Gasteiger partial charge in [0.2, 0.25) is 11.8 Å². The number of carbonyl (C=O) groups excluding carboxylic acids is 5. The Kier molecular flexibility index (Phi) is 9.69. The van der Waals surface area contributed by atoms with E-state index in [1.807, 2.05) is 0 Å². The highest BCUT2D eigenvalue weighted by Gasteiger charge is 2.44. The van der Waals surface area contributed by atoms with Crippen molar-refractivity contribution in [1.82, 2.24) is 20.7 Å². The second kappa shape index (κ2) is 14.0. The van der Waals surface area contributed by atoms with Crippen molar-refractivity contribution >= 4 is 83.8 Å². The number of hydrogen-bond donors (Lipinski definition) is 4. The third kappa shape index (κ3) is 7.08. The van der Waals surface area contributed by atoms with Gasteiger partial charge in [-0.15, -0.1) is 0 Å². The molecule has 0 aliphatic carbocycles. The largest absolute Gasteiger partial charge is 0.495 e. The Morgan fingerprint density at radius 2 is 1.80 bits per heavy atom. The first-order valence-electron chi connectivity index (χ1n) is 15.3. The van der Waals surface area contributed by atoms with Gasteiger partial charge in [-0.25, -0.2) is 4.31 Å². The van der Waals surface area contributed by atoms with Gasteiger partial charge in [0.05, 0.1) is 23.9 Å². The minimum atomic E-state index is -4.99. The molecule has 0 spiro atoms. The zero-order chi connectivity index (χ0) is 36.6. The maximum Gasteiger partial charge on any atom is 0.364 e. The van der Waals surface area contributed by atoms with Crippen molar-refractivity contribution < 1.29 is 50.9 Å². The molecule has 0 saturated carbocycles. The van der Waals surface area contributed by atoms with Crippen LogP contribution in [0.4, 0.5) is 17.1 Å². The van der Waals surface area contributed by atoms with Crippen molar-refractivity contribution in [2.24, 2.45) is 0 Å². The fraction of sp³-hybridized carbons (Fsp3) is 0.250. The lowest BCUT2D eigenvalue weighted by Crippen LogP contribution is -2.54. The minimum Gasteiger partial charge on any atom is -0.495 e. The molecular weight excluding hydrogens is 756 g/mol. The molecule has 0 radical (unpaired) electrons. The molecule has 1 unspecified atom stereocenters. The average Bonchev–Trinajstić information content (AvgIpc) is 3.56. The normalized spacial score (nSPS) is 15.8. The van der Waals surface area contributed by atoms with Crippen LogP contribution in [0.5, 0.6) is 11.5 Å². The number of imide groups is 2. The Morgan fingerprint density at radius 3 is 2.53 bits per heavy atom. The fourth-order valence-corrected chi connectivity index (χ4v) is 6.86. The number of aryl methyl sites for hydroxylation is 1. The van der Waals surface area contributed by atoms with Crippen LogP contribution in [0.25, 0.3) is 11.0 Å². The van der Waals surface area contributed by atoms with Crippen LogP contribution < -0.4 is 29.7 Å². The molecule has 1 atom stereocenters. The number of halogens is 1. The average molecular weight is 786 g/mol. The molecule has 6 rings (SSSR count). The van der Waals surface area contributed by atoms with Crippen molar-refractivity contribution in [1.29, 1.82) is 0 Å². The van der Waals surface area contributed by atoms with E-state index in [2.05, 4.69) is 37.0 Å². The standard InChI is InChI=1S/C32H29BrN6O11S/c1-16-20-13-24(39(51(45,46)47)23-11-17(33)3-7-25(23)48-2)27(14-26(20)50-37-16)49-15-29(41)35-10-9-34-18-4-5-19-21(12-18)32(44)38(31(19)43)22-6-8-28(40)36-30(22)42/h3-5,7,11-14,22,34H,6,8-10,15H2,1-2H3,(H,35,41)(H,36,40,42)(H,45,46,47). The van der Waals surface area contributed by atoms with E-state index >= 15 is 0 Å². The minimum absolute atomic E-state index is 0.00894. The van der Waals surface area contributed by atoms with Crippen molar-refractivity contribution in [3.63, 3.8) is 0 Å². The molecule has 19 heteroatoms. The molecule has 3 aromatic carbocycles. The van der Waals surface area contributed by atoms with Crippen molar-refractivity contribution in [2.45, 2.75) is 25.8 Å². The number of hydrogen-bond acceptors (Lipinski definition) is 12. The molecule has 2 aliphatic rings. The number of nitrogens with one attached hydrogen (secondary N) is 3. The van der Waals surface area contributed by atoms with Crippen LogP contribution in [0.15, 0.2) is 57.5 Å². The highest BCUT2D eigenvalue weighted by Crippen LogP contribution is 2.44. The maximum absolute atomic E-state index is 13.1. The molecule has 5 amide bonds. The van der Waals surface area contributed by atoms with E-state index in [9.17, 15) is 36.9 Å². The molecular formula is C32H29BrN6O11S. The van der Waals surface area contributed by atoms with E-state index in [-0.39, 0.29) is 65.5 Å². The summed E-state index contributed by atoms with van der Waals surface area (Å²) in [5.41, 5.74) is 1.17. The number of carbonyl (C=O) groups is 5. The first-order valence-corrected chi connectivity index (χ1v) is 17.5. The van der Waals surface area contributed by atoms with Crippen LogP contribution in [-0.2, 0) is 24.7 Å². The Morgan fingerprint density at radius 1 is 1.06 bits per heavy atom. The van der Waals surface area contributed by atoms with Crippen LogP contribution in [0, 0.1) is 6.92 Å². The molecule has 1 saturated heterocycles. The van der Waals surface area contributed by atoms with E-state index in [0.717, 1.165) is 4.90 Å². The number of nitrogens with zero attached hydrogens (tertiary/aromatic N) is 3. The molecule has 4 N–H and O–H groups in total. The summed E-state index contributed by atoms with van der Waals surface area (Å²) in [5.74, 6) is -3.04. The summed E-state index contributed by atoms with van der Waals surface area (Å²) in [6, 6.07) is 10.7. The maximum atomic E-state index is 13.1. The summed E-state index contributed by atoms with van der Waals surface area (Å²) in [7, 11) is -3.66. The molecule has 1 fully saturated rings. The first kappa shape index (κ1) is 35.3. The molecule has 2 aliphatic heterocycles. The van der Waals surface area contributed by atoms with Gasteiger partial charge in [-0.2, -0.15) is 8.42 Å². The van der Waals surface area contributed by atoms with Gasteiger partial charge in [0, 0.05) is 41.1 Å². The van der Waals surface area contributed by atoms with Crippen LogP contribution in [0.1, 0.15) is 39.3 Å². The monoisotopic (exact) mass is 784 g/mol. The van der Waals surface area contributed by atoms with Crippen molar-refractivity contribution in [3.05, 3.63) is 69.8 Å². The zero-order valence-corrected chi connectivity index (χ0v) is 29.3. The third-order valence-electron chi connectivity index (χ3n) is 8.12. The van der Waals surface area contributed by atoms with Gasteiger partial charge in [0.25, 0.3) is 17.7 Å². The van der Waals surface area contributed by atoms with Gasteiger partial charge in [0.15, 0.2) is 12.2 Å². The second-order valence-electron chi connectivity index (χ2n) is 11.4. The summed E-state index contributed by atoms with van der Waals surface area (Å²) in [5, 5.41) is 12.2. The molecule has 4 aromatic rings. The Labute approximate surface area is 298 Å². The number of amides is 5. The number of rotatable bonds is 12. The number of fused-ring (bicyclic) bond motifs is 2. The van der Waals surface area contributed by atoms with Gasteiger partial charge in [-0.05, 0) is 55.8 Å². The smallest absolute Gasteiger partial charge is 0.364 e. The van der Waals surface area contributed by atoms with E-state index < -0.39 is 52.5 Å². The predicted molar refractivity (Wildman–Crippen MR) is 183 cm³/mol. The van der Waals surface area contributed by atoms with E-state index in [1.165, 1.54) is 43.5 Å². The van der Waals surface area contributed by atoms with E-state index in [0.29, 0.717) is 25.5 Å². The van der Waals surface area contributed by atoms with Crippen molar-refractivity contribution in [2.75, 3.05) is 36.4 Å². The Hall–Kier alpha value is -5.53. The van der Waals surface area contributed by atoms with Gasteiger partial charge >= 0.3 is 10.3 Å². The molecule has 51 heavy (non-hydrogen) atoms. The Bertz CT molecular complexity index is 2220. The lowest BCUT2D eigenvalue weighted by Gasteiger charge is -2.27. The lowest BCUT2D eigenvalue weighted by atomic mass is 10.0. The summed E-state index contributed by atoms with van der Waals surface area (Å²) >= 11 is 3.30. The third-order valence-corrected chi connectivity index (χ3v) is 9.46. The number of piperidine rings is 1. The van der Waals surface area contributed by atoms with Crippen molar-refractivity contribution in [3.8, 4) is 11.5 Å². The SMILES string of the molecule is COc1ccc(Br)cc1N(c1cc2c(C)noc2cc1OCC(=O)NCCNc1ccc2c(c1)C(=O)N(C1CCC(=O)NC1=O)C2=O)S(=O)(=O)O. The number of benzene rings is 3. The highest BCUT2D eigenvalue weighted by atomic mass is 79.9. The number of methoxy groups -OCH3 is 1. The van der Waals surface area contributed by atoms with E-state index in [1.54, 1.807) is 19.1 Å². The molecule has 17 nitrogen and oxygen atoms in total. The second-order valence-corrected chi connectivity index (χ2v) is 13.6. The van der Waals surface area contributed by atoms with Crippen LogP contribution in [0.3, 0.4) is 0 Å². The summed E-state index contributed by atoms with van der Waals surface area (Å²) in [4.78, 5) is 63.5. The summed E-state index contributed by atoms with van der Waals surface area (Å²) in [6.45, 7) is 1.36. The number of anilines is 3. The summed E-state index contributed by atoms with van der Waals surface area (Å²) < 4.78 is 53.6.